The zero-order valence-electron chi connectivity index (χ0n) is 18.1. The average molecular weight is 432 g/mol. The number of benzene rings is 2. The summed E-state index contributed by atoms with van der Waals surface area (Å²) in [4.78, 5) is 15.7. The van der Waals surface area contributed by atoms with Gasteiger partial charge < -0.3 is 10.6 Å². The fourth-order valence-corrected chi connectivity index (χ4v) is 5.66. The largest absolute Gasteiger partial charge is 0.390 e. The first kappa shape index (κ1) is 21.5. The second kappa shape index (κ2) is 9.64. The number of ketones is 1. The van der Waals surface area contributed by atoms with E-state index in [1.807, 2.05) is 18.2 Å². The number of fused-ring (bicyclic) bond motifs is 1. The van der Waals surface area contributed by atoms with Crippen molar-refractivity contribution in [1.29, 1.82) is 5.26 Å². The number of hydrogen-bond donors (Lipinski definition) is 1. The van der Waals surface area contributed by atoms with Crippen LogP contribution in [-0.4, -0.2) is 30.3 Å². The number of carbonyl (C=O) groups is 1. The van der Waals surface area contributed by atoms with Gasteiger partial charge in [0.15, 0.2) is 5.78 Å². The van der Waals surface area contributed by atoms with Crippen LogP contribution in [0.2, 0.25) is 0 Å². The molecule has 0 saturated carbocycles. The molecule has 0 spiro atoms. The maximum absolute atomic E-state index is 13.1. The van der Waals surface area contributed by atoms with Crippen LogP contribution >= 0.6 is 11.3 Å². The van der Waals surface area contributed by atoms with Gasteiger partial charge in [-0.2, -0.15) is 5.26 Å². The number of unbranched alkanes of at least 4 members (excludes halogenated alkanes) is 2. The first-order chi connectivity index (χ1) is 15.1. The maximum atomic E-state index is 13.1. The Bertz CT molecular complexity index is 1120. The van der Waals surface area contributed by atoms with Crippen LogP contribution in [0.5, 0.6) is 0 Å². The average Bonchev–Trinajstić information content (AvgIpc) is 3.14. The lowest BCUT2D eigenvalue weighted by molar-refractivity contribution is 0.103. The Balaban J connectivity index is 1.57. The predicted octanol–water partition coefficient (Wildman–Crippen LogP) is 5.96. The number of likely N-dealkylation sites (tertiary alicyclic amines) is 1. The Kier molecular flexibility index (Phi) is 6.70. The van der Waals surface area contributed by atoms with Gasteiger partial charge in [0.25, 0.3) is 0 Å². The first-order valence-corrected chi connectivity index (χ1v) is 12.0. The van der Waals surface area contributed by atoms with Gasteiger partial charge in [0.2, 0.25) is 0 Å². The molecule has 3 aromatic rings. The van der Waals surface area contributed by atoms with E-state index in [0.29, 0.717) is 22.6 Å². The molecule has 0 aliphatic carbocycles. The molecule has 0 amide bonds. The second-order valence-corrected chi connectivity index (χ2v) is 9.52. The fraction of sp³-hybridized carbons (Fsp3) is 0.385. The number of nitrogens with zero attached hydrogens (tertiary/aromatic N) is 2. The molecule has 2 aromatic carbocycles. The highest BCUT2D eigenvalue weighted by atomic mass is 32.1. The van der Waals surface area contributed by atoms with Crippen molar-refractivity contribution in [2.24, 2.45) is 0 Å². The molecule has 1 aliphatic heterocycles. The summed E-state index contributed by atoms with van der Waals surface area (Å²) < 4.78 is 1.14. The van der Waals surface area contributed by atoms with E-state index in [9.17, 15) is 4.79 Å². The standard InChI is InChI=1S/C26H29N3OS/c1-2-3-4-12-29-13-10-19(11-14-29)24-22-16-21(8-9-23(22)31-26(24)28)25(30)20-7-5-6-18(15-20)17-27/h5-9,15-16,19H,2-4,10-14,28H2,1H3. The van der Waals surface area contributed by atoms with Crippen molar-refractivity contribution in [3.05, 3.63) is 64.7 Å². The number of nitrogen functional groups attached to an aromatic ring is 1. The number of rotatable bonds is 7. The molecule has 0 atom stereocenters. The van der Waals surface area contributed by atoms with Crippen LogP contribution in [0.25, 0.3) is 10.1 Å². The summed E-state index contributed by atoms with van der Waals surface area (Å²) in [6, 6.07) is 14.9. The van der Waals surface area contributed by atoms with Gasteiger partial charge in [-0.05, 0) is 86.1 Å². The molecule has 1 saturated heterocycles. The van der Waals surface area contributed by atoms with Crippen molar-refractivity contribution >= 4 is 32.2 Å². The molecule has 0 bridgehead atoms. The summed E-state index contributed by atoms with van der Waals surface area (Å²) in [6.07, 6.45) is 6.07. The summed E-state index contributed by atoms with van der Waals surface area (Å²) in [5.41, 5.74) is 9.40. The van der Waals surface area contributed by atoms with Gasteiger partial charge >= 0.3 is 0 Å². The van der Waals surface area contributed by atoms with Gasteiger partial charge in [-0.1, -0.05) is 31.9 Å². The highest BCUT2D eigenvalue weighted by Crippen LogP contribution is 2.42. The lowest BCUT2D eigenvalue weighted by Crippen LogP contribution is -2.33. The van der Waals surface area contributed by atoms with Gasteiger partial charge in [-0.3, -0.25) is 4.79 Å². The molecule has 4 nitrogen and oxygen atoms in total. The quantitative estimate of drug-likeness (QED) is 0.370. The SMILES string of the molecule is CCCCCN1CCC(c2c(N)sc3ccc(C(=O)c4cccc(C#N)c4)cc23)CC1. The normalized spacial score (nSPS) is 15.2. The molecule has 2 N–H and O–H groups in total. The smallest absolute Gasteiger partial charge is 0.193 e. The number of nitrogens with two attached hydrogens (primary N) is 1. The Morgan fingerprint density at radius 3 is 2.68 bits per heavy atom. The lowest BCUT2D eigenvalue weighted by Gasteiger charge is -2.32. The zero-order valence-corrected chi connectivity index (χ0v) is 18.9. The van der Waals surface area contributed by atoms with Crippen LogP contribution in [-0.2, 0) is 0 Å². The minimum atomic E-state index is -0.0551. The van der Waals surface area contributed by atoms with E-state index < -0.39 is 0 Å². The molecule has 0 unspecified atom stereocenters. The van der Waals surface area contributed by atoms with Gasteiger partial charge in [-0.25, -0.2) is 0 Å². The number of piperidine rings is 1. The van der Waals surface area contributed by atoms with Gasteiger partial charge in [0.05, 0.1) is 16.6 Å². The Morgan fingerprint density at radius 1 is 1.16 bits per heavy atom. The first-order valence-electron chi connectivity index (χ1n) is 11.2. The van der Waals surface area contributed by atoms with E-state index in [2.05, 4.69) is 17.9 Å². The number of hydrogen-bond acceptors (Lipinski definition) is 5. The van der Waals surface area contributed by atoms with Crippen molar-refractivity contribution in [1.82, 2.24) is 4.90 Å². The van der Waals surface area contributed by atoms with Crippen LogP contribution < -0.4 is 5.73 Å². The molecular formula is C26H29N3OS. The van der Waals surface area contributed by atoms with E-state index in [-0.39, 0.29) is 5.78 Å². The molecule has 4 rings (SSSR count). The summed E-state index contributed by atoms with van der Waals surface area (Å²) in [6.45, 7) is 5.67. The highest BCUT2D eigenvalue weighted by molar-refractivity contribution is 7.22. The Labute approximate surface area is 188 Å². The minimum absolute atomic E-state index is 0.0551. The molecule has 0 radical (unpaired) electrons. The predicted molar refractivity (Wildman–Crippen MR) is 129 cm³/mol. The van der Waals surface area contributed by atoms with Gasteiger partial charge in [-0.15, -0.1) is 11.3 Å². The number of thiophene rings is 1. The van der Waals surface area contributed by atoms with Gasteiger partial charge in [0.1, 0.15) is 0 Å². The lowest BCUT2D eigenvalue weighted by atomic mass is 9.87. The monoisotopic (exact) mass is 431 g/mol. The third-order valence-corrected chi connectivity index (χ3v) is 7.36. The van der Waals surface area contributed by atoms with E-state index in [1.165, 1.54) is 31.4 Å². The summed E-state index contributed by atoms with van der Waals surface area (Å²) in [5, 5.41) is 11.1. The minimum Gasteiger partial charge on any atom is -0.390 e. The molecule has 31 heavy (non-hydrogen) atoms. The van der Waals surface area contributed by atoms with Crippen LogP contribution in [0.3, 0.4) is 0 Å². The molecule has 1 aliphatic rings. The molecule has 5 heteroatoms. The molecule has 160 valence electrons. The fourth-order valence-electron chi connectivity index (χ4n) is 4.63. The highest BCUT2D eigenvalue weighted by Gasteiger charge is 2.25. The van der Waals surface area contributed by atoms with Crippen molar-refractivity contribution in [2.45, 2.75) is 44.9 Å². The van der Waals surface area contributed by atoms with Crippen LogP contribution in [0, 0.1) is 11.3 Å². The summed E-state index contributed by atoms with van der Waals surface area (Å²) >= 11 is 1.62. The Hall–Kier alpha value is -2.68. The topological polar surface area (TPSA) is 70.1 Å². The summed E-state index contributed by atoms with van der Waals surface area (Å²) in [7, 11) is 0. The van der Waals surface area contributed by atoms with Crippen LogP contribution in [0.4, 0.5) is 5.00 Å². The number of anilines is 1. The number of carbonyl (C=O) groups excluding carboxylic acids is 1. The van der Waals surface area contributed by atoms with E-state index in [4.69, 9.17) is 11.0 Å². The van der Waals surface area contributed by atoms with Gasteiger partial charge in [0, 0.05) is 15.8 Å². The van der Waals surface area contributed by atoms with Crippen molar-refractivity contribution in [3.8, 4) is 6.07 Å². The van der Waals surface area contributed by atoms with Crippen molar-refractivity contribution in [3.63, 3.8) is 0 Å². The maximum Gasteiger partial charge on any atom is 0.193 e. The molecule has 2 heterocycles. The molecular weight excluding hydrogens is 402 g/mol. The van der Waals surface area contributed by atoms with E-state index >= 15 is 0 Å². The summed E-state index contributed by atoms with van der Waals surface area (Å²) in [5.74, 6) is 0.393. The van der Waals surface area contributed by atoms with Crippen molar-refractivity contribution in [2.75, 3.05) is 25.4 Å². The molecule has 1 fully saturated rings. The second-order valence-electron chi connectivity index (χ2n) is 8.44. The number of nitriles is 1. The zero-order chi connectivity index (χ0) is 21.8. The van der Waals surface area contributed by atoms with Crippen LogP contribution in [0.15, 0.2) is 42.5 Å². The molecule has 1 aromatic heterocycles. The van der Waals surface area contributed by atoms with Crippen LogP contribution in [0.1, 0.15) is 72.0 Å². The third kappa shape index (κ3) is 4.66. The van der Waals surface area contributed by atoms with Crippen molar-refractivity contribution < 1.29 is 4.79 Å². The third-order valence-electron chi connectivity index (χ3n) is 6.34. The Morgan fingerprint density at radius 2 is 1.94 bits per heavy atom. The van der Waals surface area contributed by atoms with E-state index in [1.54, 1.807) is 35.6 Å². The van der Waals surface area contributed by atoms with E-state index in [0.717, 1.165) is 41.0 Å².